The van der Waals surface area contributed by atoms with E-state index in [2.05, 4.69) is 15.2 Å². The third kappa shape index (κ3) is 1.67. The highest BCUT2D eigenvalue weighted by Gasteiger charge is 2.09. The number of pyridine rings is 1. The van der Waals surface area contributed by atoms with Gasteiger partial charge < -0.3 is 0 Å². The third-order valence-corrected chi connectivity index (χ3v) is 2.66. The molecule has 0 unspecified atom stereocenters. The summed E-state index contributed by atoms with van der Waals surface area (Å²) in [5.41, 5.74) is 0.748. The summed E-state index contributed by atoms with van der Waals surface area (Å²) >= 11 is 1.26. The van der Waals surface area contributed by atoms with Gasteiger partial charge in [0, 0.05) is 13.1 Å². The van der Waals surface area contributed by atoms with Gasteiger partial charge in [0.15, 0.2) is 15.8 Å². The van der Waals surface area contributed by atoms with Crippen molar-refractivity contribution in [3.63, 3.8) is 0 Å². The Hall–Kier alpha value is -1.62. The average Bonchev–Trinajstić information content (AvgIpc) is 2.68. The highest BCUT2D eigenvalue weighted by atomic mass is 32.1. The van der Waals surface area contributed by atoms with Crippen LogP contribution in [0.2, 0.25) is 0 Å². The molecule has 0 saturated carbocycles. The molecule has 0 atom stereocenters. The van der Waals surface area contributed by atoms with Crippen molar-refractivity contribution >= 4 is 17.1 Å². The molecule has 0 amide bonds. The zero-order chi connectivity index (χ0) is 9.97. The van der Waals surface area contributed by atoms with Gasteiger partial charge in [0.25, 0.3) is 0 Å². The SMILES string of the molecule is CC(=O)c1nnc(-c2ccccn2)s1. The van der Waals surface area contributed by atoms with E-state index >= 15 is 0 Å². The summed E-state index contributed by atoms with van der Waals surface area (Å²) in [6.07, 6.45) is 1.68. The number of carbonyl (C=O) groups is 1. The van der Waals surface area contributed by atoms with Crippen molar-refractivity contribution in [2.75, 3.05) is 0 Å². The molecule has 2 heterocycles. The van der Waals surface area contributed by atoms with Gasteiger partial charge in [0.05, 0.1) is 0 Å². The van der Waals surface area contributed by atoms with Crippen molar-refractivity contribution in [3.05, 3.63) is 29.4 Å². The Morgan fingerprint density at radius 2 is 2.21 bits per heavy atom. The first-order chi connectivity index (χ1) is 6.77. The van der Waals surface area contributed by atoms with Crippen molar-refractivity contribution in [2.24, 2.45) is 0 Å². The molecule has 0 saturated heterocycles. The highest BCUT2D eigenvalue weighted by molar-refractivity contribution is 7.16. The van der Waals surface area contributed by atoms with Crippen molar-refractivity contribution in [3.8, 4) is 10.7 Å². The predicted molar refractivity (Wildman–Crippen MR) is 53.1 cm³/mol. The fraction of sp³-hybridized carbons (Fsp3) is 0.111. The maximum absolute atomic E-state index is 11.0. The number of rotatable bonds is 2. The topological polar surface area (TPSA) is 55.7 Å². The van der Waals surface area contributed by atoms with Crippen LogP contribution >= 0.6 is 11.3 Å². The molecule has 0 bridgehead atoms. The van der Waals surface area contributed by atoms with Gasteiger partial charge in [-0.1, -0.05) is 17.4 Å². The summed E-state index contributed by atoms with van der Waals surface area (Å²) in [4.78, 5) is 15.1. The van der Waals surface area contributed by atoms with Crippen LogP contribution in [0.1, 0.15) is 16.7 Å². The van der Waals surface area contributed by atoms with Gasteiger partial charge in [-0.05, 0) is 12.1 Å². The van der Waals surface area contributed by atoms with Crippen LogP contribution in [0.3, 0.4) is 0 Å². The number of carbonyl (C=O) groups excluding carboxylic acids is 1. The number of aromatic nitrogens is 3. The molecule has 2 aromatic heterocycles. The Labute approximate surface area is 84.6 Å². The fourth-order valence-corrected chi connectivity index (χ4v) is 1.67. The van der Waals surface area contributed by atoms with E-state index in [0.717, 1.165) is 5.69 Å². The number of nitrogens with zero attached hydrogens (tertiary/aromatic N) is 3. The van der Waals surface area contributed by atoms with Crippen molar-refractivity contribution in [1.29, 1.82) is 0 Å². The minimum atomic E-state index is -0.0651. The normalized spacial score (nSPS) is 10.1. The number of Topliss-reactive ketones (excluding diaryl/α,β-unsaturated/α-hetero) is 1. The van der Waals surface area contributed by atoms with Crippen LogP contribution in [-0.4, -0.2) is 21.0 Å². The zero-order valence-corrected chi connectivity index (χ0v) is 8.28. The lowest BCUT2D eigenvalue weighted by Gasteiger charge is -1.90. The van der Waals surface area contributed by atoms with E-state index in [9.17, 15) is 4.79 Å². The second kappa shape index (κ2) is 3.63. The fourth-order valence-electron chi connectivity index (χ4n) is 0.958. The van der Waals surface area contributed by atoms with Crippen molar-refractivity contribution < 1.29 is 4.79 Å². The van der Waals surface area contributed by atoms with Crippen molar-refractivity contribution in [2.45, 2.75) is 6.92 Å². The summed E-state index contributed by atoms with van der Waals surface area (Å²) in [7, 11) is 0. The molecule has 5 heteroatoms. The molecule has 70 valence electrons. The molecule has 0 aliphatic carbocycles. The van der Waals surface area contributed by atoms with Crippen LogP contribution in [0.5, 0.6) is 0 Å². The molecule has 0 aliphatic heterocycles. The number of ketones is 1. The Morgan fingerprint density at radius 3 is 2.79 bits per heavy atom. The lowest BCUT2D eigenvalue weighted by Crippen LogP contribution is -1.88. The monoisotopic (exact) mass is 205 g/mol. The third-order valence-electron chi connectivity index (χ3n) is 1.61. The molecule has 0 aromatic carbocycles. The predicted octanol–water partition coefficient (Wildman–Crippen LogP) is 1.80. The smallest absolute Gasteiger partial charge is 0.190 e. The molecule has 0 N–H and O–H groups in total. The van der Waals surface area contributed by atoms with Crippen LogP contribution in [0.25, 0.3) is 10.7 Å². The van der Waals surface area contributed by atoms with E-state index in [-0.39, 0.29) is 5.78 Å². The van der Waals surface area contributed by atoms with Crippen LogP contribution in [-0.2, 0) is 0 Å². The largest absolute Gasteiger partial charge is 0.292 e. The van der Waals surface area contributed by atoms with Gasteiger partial charge in [-0.2, -0.15) is 0 Å². The molecule has 4 nitrogen and oxygen atoms in total. The summed E-state index contributed by atoms with van der Waals surface area (Å²) in [5.74, 6) is -0.0651. The lowest BCUT2D eigenvalue weighted by atomic mass is 10.4. The number of hydrogen-bond donors (Lipinski definition) is 0. The van der Waals surface area contributed by atoms with Gasteiger partial charge >= 0.3 is 0 Å². The van der Waals surface area contributed by atoms with Gasteiger partial charge in [-0.3, -0.25) is 9.78 Å². The van der Waals surface area contributed by atoms with E-state index in [0.29, 0.717) is 10.0 Å². The van der Waals surface area contributed by atoms with Gasteiger partial charge in [-0.15, -0.1) is 10.2 Å². The van der Waals surface area contributed by atoms with Gasteiger partial charge in [-0.25, -0.2) is 0 Å². The first-order valence-corrected chi connectivity index (χ1v) is 4.85. The van der Waals surface area contributed by atoms with Crippen LogP contribution in [0.15, 0.2) is 24.4 Å². The minimum absolute atomic E-state index is 0.0651. The van der Waals surface area contributed by atoms with Gasteiger partial charge in [0.1, 0.15) is 5.69 Å². The molecule has 2 aromatic rings. The molecule has 0 radical (unpaired) electrons. The van der Waals surface area contributed by atoms with E-state index in [1.54, 1.807) is 6.20 Å². The van der Waals surface area contributed by atoms with E-state index in [1.165, 1.54) is 18.3 Å². The van der Waals surface area contributed by atoms with Crippen LogP contribution in [0.4, 0.5) is 0 Å². The van der Waals surface area contributed by atoms with E-state index < -0.39 is 0 Å². The highest BCUT2D eigenvalue weighted by Crippen LogP contribution is 2.20. The molecule has 0 spiro atoms. The Balaban J connectivity index is 2.39. The van der Waals surface area contributed by atoms with Crippen LogP contribution < -0.4 is 0 Å². The maximum atomic E-state index is 11.0. The zero-order valence-electron chi connectivity index (χ0n) is 7.47. The number of hydrogen-bond acceptors (Lipinski definition) is 5. The lowest BCUT2D eigenvalue weighted by molar-refractivity contribution is 0.101. The molecule has 0 aliphatic rings. The van der Waals surface area contributed by atoms with E-state index in [4.69, 9.17) is 0 Å². The minimum Gasteiger partial charge on any atom is -0.292 e. The molecule has 2 rings (SSSR count). The second-order valence-electron chi connectivity index (χ2n) is 2.68. The first-order valence-electron chi connectivity index (χ1n) is 4.03. The standard InChI is InChI=1S/C9H7N3OS/c1-6(13)8-11-12-9(14-8)7-4-2-3-5-10-7/h2-5H,1H3. The summed E-state index contributed by atoms with van der Waals surface area (Å²) in [6.45, 7) is 1.47. The molecular formula is C9H7N3OS. The van der Waals surface area contributed by atoms with Crippen LogP contribution in [0, 0.1) is 0 Å². The Kier molecular flexibility index (Phi) is 2.32. The molecule has 14 heavy (non-hydrogen) atoms. The van der Waals surface area contributed by atoms with Gasteiger partial charge in [0.2, 0.25) is 0 Å². The molecular weight excluding hydrogens is 198 g/mol. The molecule has 0 fully saturated rings. The maximum Gasteiger partial charge on any atom is 0.190 e. The van der Waals surface area contributed by atoms with Crippen molar-refractivity contribution in [1.82, 2.24) is 15.2 Å². The first kappa shape index (κ1) is 8.96. The summed E-state index contributed by atoms with van der Waals surface area (Å²) in [6, 6.07) is 5.54. The summed E-state index contributed by atoms with van der Waals surface area (Å²) in [5, 5.41) is 8.76. The average molecular weight is 205 g/mol. The van der Waals surface area contributed by atoms with E-state index in [1.807, 2.05) is 18.2 Å². The second-order valence-corrected chi connectivity index (χ2v) is 3.66. The Morgan fingerprint density at radius 1 is 1.36 bits per heavy atom. The summed E-state index contributed by atoms with van der Waals surface area (Å²) < 4.78 is 0. The quantitative estimate of drug-likeness (QED) is 0.701. The Bertz CT molecular complexity index is 452.